The lowest BCUT2D eigenvalue weighted by Crippen LogP contribution is -2.24. The summed E-state index contributed by atoms with van der Waals surface area (Å²) in [5.41, 5.74) is 0.499. The highest BCUT2D eigenvalue weighted by atomic mass is 32.1. The number of imidazole rings is 1. The Morgan fingerprint density at radius 2 is 1.73 bits per heavy atom. The molecular formula is C10H18N2O2S. The number of thiol groups is 1. The zero-order valence-corrected chi connectivity index (χ0v) is 10.1. The van der Waals surface area contributed by atoms with Crippen LogP contribution in [-0.4, -0.2) is 14.2 Å². The van der Waals surface area contributed by atoms with Gasteiger partial charge in [0, 0.05) is 18.8 Å². The van der Waals surface area contributed by atoms with Gasteiger partial charge >= 0.3 is 5.69 Å². The molecule has 0 aliphatic rings. The van der Waals surface area contributed by atoms with Crippen molar-refractivity contribution in [2.24, 2.45) is 0 Å². The maximum Gasteiger partial charge on any atom is 0.331 e. The van der Waals surface area contributed by atoms with Crippen LogP contribution in [0.1, 0.15) is 32.4 Å². The standard InChI is InChI=1S/C10H18N2O2S/c1-3-5-11-8(7-15)9(13)12(6-4-2)10(11)14/h13,15H,3-7H2,1-2H3. The minimum absolute atomic E-state index is 0.0744. The summed E-state index contributed by atoms with van der Waals surface area (Å²) in [7, 11) is 0. The first-order valence-electron chi connectivity index (χ1n) is 5.29. The van der Waals surface area contributed by atoms with E-state index in [-0.39, 0.29) is 11.6 Å². The molecule has 1 aromatic heterocycles. The third-order valence-electron chi connectivity index (χ3n) is 2.35. The van der Waals surface area contributed by atoms with Crippen LogP contribution >= 0.6 is 12.6 Å². The quantitative estimate of drug-likeness (QED) is 0.755. The van der Waals surface area contributed by atoms with Gasteiger partial charge in [0.05, 0.1) is 5.69 Å². The molecule has 86 valence electrons. The molecule has 0 saturated heterocycles. The van der Waals surface area contributed by atoms with Crippen LogP contribution in [0, 0.1) is 0 Å². The molecule has 0 aromatic carbocycles. The fourth-order valence-electron chi connectivity index (χ4n) is 1.66. The van der Waals surface area contributed by atoms with Gasteiger partial charge in [-0.05, 0) is 12.8 Å². The van der Waals surface area contributed by atoms with Gasteiger partial charge < -0.3 is 5.11 Å². The van der Waals surface area contributed by atoms with E-state index in [4.69, 9.17) is 0 Å². The predicted molar refractivity (Wildman–Crippen MR) is 63.6 cm³/mol. The summed E-state index contributed by atoms with van der Waals surface area (Å²) in [5, 5.41) is 9.84. The fraction of sp³-hybridized carbons (Fsp3) is 0.700. The number of nitrogens with zero attached hydrogens (tertiary/aromatic N) is 2. The van der Waals surface area contributed by atoms with Crippen molar-refractivity contribution in [3.05, 3.63) is 16.2 Å². The van der Waals surface area contributed by atoms with Gasteiger partial charge in [0.25, 0.3) is 0 Å². The summed E-state index contributed by atoms with van der Waals surface area (Å²) >= 11 is 4.14. The van der Waals surface area contributed by atoms with Gasteiger partial charge in [-0.1, -0.05) is 13.8 Å². The second-order valence-corrected chi connectivity index (χ2v) is 3.83. The van der Waals surface area contributed by atoms with Gasteiger partial charge in [-0.2, -0.15) is 12.6 Å². The number of aromatic nitrogens is 2. The second kappa shape index (κ2) is 5.30. The largest absolute Gasteiger partial charge is 0.493 e. The molecule has 0 amide bonds. The summed E-state index contributed by atoms with van der Waals surface area (Å²) < 4.78 is 3.03. The van der Waals surface area contributed by atoms with Crippen LogP contribution in [0.25, 0.3) is 0 Å². The molecule has 0 saturated carbocycles. The smallest absolute Gasteiger partial charge is 0.331 e. The highest BCUT2D eigenvalue weighted by Gasteiger charge is 2.16. The van der Waals surface area contributed by atoms with E-state index in [1.54, 1.807) is 4.57 Å². The molecule has 0 bridgehead atoms. The number of rotatable bonds is 5. The van der Waals surface area contributed by atoms with E-state index < -0.39 is 0 Å². The Kier molecular flexibility index (Phi) is 4.32. The lowest BCUT2D eigenvalue weighted by Gasteiger charge is -2.01. The van der Waals surface area contributed by atoms with Crippen molar-refractivity contribution < 1.29 is 5.11 Å². The minimum Gasteiger partial charge on any atom is -0.493 e. The monoisotopic (exact) mass is 230 g/mol. The van der Waals surface area contributed by atoms with E-state index in [0.717, 1.165) is 12.8 Å². The van der Waals surface area contributed by atoms with Gasteiger partial charge in [-0.15, -0.1) is 0 Å². The minimum atomic E-state index is -0.125. The summed E-state index contributed by atoms with van der Waals surface area (Å²) in [6.45, 7) is 5.17. The van der Waals surface area contributed by atoms with Gasteiger partial charge in [-0.3, -0.25) is 9.13 Å². The molecule has 1 aromatic rings. The molecule has 0 aliphatic carbocycles. The lowest BCUT2D eigenvalue weighted by molar-refractivity contribution is 0.408. The molecule has 5 heteroatoms. The third-order valence-corrected chi connectivity index (χ3v) is 2.65. The van der Waals surface area contributed by atoms with Crippen LogP contribution in [0.2, 0.25) is 0 Å². The Morgan fingerprint density at radius 3 is 2.20 bits per heavy atom. The Bertz CT molecular complexity index is 382. The van der Waals surface area contributed by atoms with Crippen molar-refractivity contribution in [2.45, 2.75) is 45.5 Å². The van der Waals surface area contributed by atoms with Crippen LogP contribution < -0.4 is 5.69 Å². The highest BCUT2D eigenvalue weighted by Crippen LogP contribution is 2.18. The number of aromatic hydroxyl groups is 1. The first-order valence-corrected chi connectivity index (χ1v) is 5.92. The highest BCUT2D eigenvalue weighted by molar-refractivity contribution is 7.79. The average molecular weight is 230 g/mol. The van der Waals surface area contributed by atoms with Gasteiger partial charge in [0.2, 0.25) is 5.88 Å². The van der Waals surface area contributed by atoms with Crippen molar-refractivity contribution >= 4 is 12.6 Å². The normalized spacial score (nSPS) is 10.9. The van der Waals surface area contributed by atoms with Crippen molar-refractivity contribution in [2.75, 3.05) is 0 Å². The van der Waals surface area contributed by atoms with E-state index in [1.807, 2.05) is 13.8 Å². The van der Waals surface area contributed by atoms with E-state index in [9.17, 15) is 9.90 Å². The zero-order valence-electron chi connectivity index (χ0n) is 9.23. The van der Waals surface area contributed by atoms with Crippen LogP contribution in [0.5, 0.6) is 5.88 Å². The van der Waals surface area contributed by atoms with Gasteiger partial charge in [0.1, 0.15) is 0 Å². The Labute approximate surface area is 94.9 Å². The Balaban J connectivity index is 3.25. The molecule has 1 N–H and O–H groups in total. The van der Waals surface area contributed by atoms with E-state index in [2.05, 4.69) is 12.6 Å². The molecule has 0 atom stereocenters. The first-order chi connectivity index (χ1) is 7.17. The SMILES string of the molecule is CCCn1c(O)c(CS)n(CCC)c1=O. The summed E-state index contributed by atoms with van der Waals surface area (Å²) in [4.78, 5) is 11.9. The maximum atomic E-state index is 11.9. The maximum absolute atomic E-state index is 11.9. The third kappa shape index (κ3) is 2.22. The number of hydrogen-bond acceptors (Lipinski definition) is 3. The van der Waals surface area contributed by atoms with Crippen molar-refractivity contribution in [3.63, 3.8) is 0 Å². The van der Waals surface area contributed by atoms with E-state index >= 15 is 0 Å². The van der Waals surface area contributed by atoms with E-state index in [0.29, 0.717) is 24.5 Å². The molecule has 0 radical (unpaired) electrons. The molecular weight excluding hydrogens is 212 g/mol. The second-order valence-electron chi connectivity index (χ2n) is 3.51. The van der Waals surface area contributed by atoms with Crippen molar-refractivity contribution in [1.82, 2.24) is 9.13 Å². The Hall–Kier alpha value is -0.840. The van der Waals surface area contributed by atoms with Crippen LogP contribution in [0.4, 0.5) is 0 Å². The molecule has 4 nitrogen and oxygen atoms in total. The van der Waals surface area contributed by atoms with Crippen LogP contribution in [0.3, 0.4) is 0 Å². The molecule has 0 spiro atoms. The molecule has 0 fully saturated rings. The fourth-order valence-corrected chi connectivity index (χ4v) is 1.98. The average Bonchev–Trinajstić information content (AvgIpc) is 2.44. The number of hydrogen-bond donors (Lipinski definition) is 2. The van der Waals surface area contributed by atoms with Crippen LogP contribution in [-0.2, 0) is 18.8 Å². The zero-order chi connectivity index (χ0) is 11.4. The molecule has 1 rings (SSSR count). The summed E-state index contributed by atoms with van der Waals surface area (Å²) in [5.74, 6) is 0.461. The molecule has 0 unspecified atom stereocenters. The van der Waals surface area contributed by atoms with Gasteiger partial charge in [-0.25, -0.2) is 4.79 Å². The predicted octanol–water partition coefficient (Wildman–Crippen LogP) is 1.61. The Morgan fingerprint density at radius 1 is 1.20 bits per heavy atom. The van der Waals surface area contributed by atoms with Crippen molar-refractivity contribution in [3.8, 4) is 5.88 Å². The molecule has 15 heavy (non-hydrogen) atoms. The molecule has 1 heterocycles. The topological polar surface area (TPSA) is 47.2 Å². The van der Waals surface area contributed by atoms with Gasteiger partial charge in [0.15, 0.2) is 0 Å². The molecule has 0 aliphatic heterocycles. The summed E-state index contributed by atoms with van der Waals surface area (Å²) in [6.07, 6.45) is 1.70. The first kappa shape index (κ1) is 12.2. The lowest BCUT2D eigenvalue weighted by atomic mass is 10.4. The van der Waals surface area contributed by atoms with E-state index in [1.165, 1.54) is 4.57 Å². The van der Waals surface area contributed by atoms with Crippen LogP contribution in [0.15, 0.2) is 4.79 Å². The summed E-state index contributed by atoms with van der Waals surface area (Å²) in [6, 6.07) is 0. The van der Waals surface area contributed by atoms with Crippen molar-refractivity contribution in [1.29, 1.82) is 0 Å².